The molecule has 14 heteroatoms. The van der Waals surface area contributed by atoms with E-state index in [0.29, 0.717) is 28.9 Å². The molecule has 0 saturated carbocycles. The molecule has 1 atom stereocenters. The number of nitrogens with one attached hydrogen (secondary N) is 2. The third kappa shape index (κ3) is 9.21. The first-order valence-electron chi connectivity index (χ1n) is 13.8. The number of rotatable bonds is 11. The van der Waals surface area contributed by atoms with Gasteiger partial charge in [0.15, 0.2) is 9.84 Å². The van der Waals surface area contributed by atoms with Crippen molar-refractivity contribution < 1.29 is 36.2 Å². The number of hydrogen-bond acceptors (Lipinski definition) is 8. The van der Waals surface area contributed by atoms with Crippen molar-refractivity contribution in [3.05, 3.63) is 48.2 Å². The number of fused-ring (bicyclic) bond motifs is 1. The maximum atomic E-state index is 13.6. The zero-order chi connectivity index (χ0) is 31.2. The number of sulfone groups is 1. The first-order valence-corrected chi connectivity index (χ1v) is 15.7. The van der Waals surface area contributed by atoms with E-state index >= 15 is 0 Å². The Balaban J connectivity index is 0.00000529. The van der Waals surface area contributed by atoms with Crippen LogP contribution in [0.4, 0.5) is 24.5 Å². The third-order valence-corrected chi connectivity index (χ3v) is 8.52. The number of likely N-dealkylation sites (tertiary alicyclic amines) is 1. The average Bonchev–Trinajstić information content (AvgIpc) is 3.30. The van der Waals surface area contributed by atoms with Gasteiger partial charge in [-0.1, -0.05) is 12.0 Å². The minimum absolute atomic E-state index is 0. The van der Waals surface area contributed by atoms with E-state index < -0.39 is 22.6 Å². The molecule has 2 aromatic carbocycles. The van der Waals surface area contributed by atoms with Gasteiger partial charge in [-0.2, -0.15) is 26.7 Å². The Labute approximate surface area is 263 Å². The van der Waals surface area contributed by atoms with Crippen LogP contribution in [0.1, 0.15) is 18.5 Å². The Hall–Kier alpha value is -3.09. The van der Waals surface area contributed by atoms with Gasteiger partial charge < -0.3 is 34.7 Å². The van der Waals surface area contributed by atoms with Crippen LogP contribution in [0.2, 0.25) is 0 Å². The molecule has 44 heavy (non-hydrogen) atoms. The largest absolute Gasteiger partial charge is 0.495 e. The summed E-state index contributed by atoms with van der Waals surface area (Å²) in [5.41, 5.74) is 1.92. The monoisotopic (exact) mass is 656 g/mol. The molecular weight excluding hydrogens is 617 g/mol. The van der Waals surface area contributed by atoms with Crippen LogP contribution in [0.5, 0.6) is 5.75 Å². The van der Waals surface area contributed by atoms with Crippen molar-refractivity contribution in [1.82, 2.24) is 9.47 Å². The highest BCUT2D eigenvalue weighted by Gasteiger charge is 2.30. The molecule has 0 bridgehead atoms. The van der Waals surface area contributed by atoms with Gasteiger partial charge in [-0.05, 0) is 49.1 Å². The zero-order valence-corrected chi connectivity index (χ0v) is 26.7. The predicted molar refractivity (Wildman–Crippen MR) is 171 cm³/mol. The van der Waals surface area contributed by atoms with Crippen molar-refractivity contribution in [3.8, 4) is 17.6 Å². The van der Waals surface area contributed by atoms with E-state index in [1.54, 1.807) is 31.4 Å². The smallest absolute Gasteiger partial charge is 0.406 e. The van der Waals surface area contributed by atoms with E-state index in [-0.39, 0.29) is 49.4 Å². The van der Waals surface area contributed by atoms with Crippen molar-refractivity contribution in [1.29, 1.82) is 0 Å². The van der Waals surface area contributed by atoms with Crippen molar-refractivity contribution in [2.24, 2.45) is 0 Å². The summed E-state index contributed by atoms with van der Waals surface area (Å²) in [5, 5.41) is 16.6. The molecule has 9 nitrogen and oxygen atoms in total. The summed E-state index contributed by atoms with van der Waals surface area (Å²) in [4.78, 5) is 2.34. The normalized spacial score (nSPS) is 15.2. The van der Waals surface area contributed by atoms with E-state index in [9.17, 15) is 26.7 Å². The van der Waals surface area contributed by atoms with Crippen molar-refractivity contribution in [2.45, 2.75) is 42.6 Å². The number of halogens is 3. The SMILES string of the molecule is COc1cc(S(C)(=O)=O)ccc1NCC#Cc1cc2c(NC3CCN(C[C@@H](CO)OC)CC3)cccc2n1CC(F)(F)F.S. The second-order valence-electron chi connectivity index (χ2n) is 10.5. The molecule has 1 aliphatic heterocycles. The van der Waals surface area contributed by atoms with Crippen molar-refractivity contribution in [3.63, 3.8) is 0 Å². The van der Waals surface area contributed by atoms with Gasteiger partial charge in [0, 0.05) is 56.2 Å². The quantitative estimate of drug-likeness (QED) is 0.266. The van der Waals surface area contributed by atoms with Crippen LogP contribution in [-0.2, 0) is 21.1 Å². The summed E-state index contributed by atoms with van der Waals surface area (Å²) in [7, 11) is -0.428. The summed E-state index contributed by atoms with van der Waals surface area (Å²) in [6.07, 6.45) is -1.89. The lowest BCUT2D eigenvalue weighted by Crippen LogP contribution is -2.43. The molecule has 0 spiro atoms. The molecule has 1 aliphatic rings. The number of methoxy groups -OCH3 is 2. The molecule has 2 heterocycles. The summed E-state index contributed by atoms with van der Waals surface area (Å²) in [6.45, 7) is 1.14. The number of aromatic nitrogens is 1. The Morgan fingerprint density at radius 1 is 1.11 bits per heavy atom. The number of alkyl halides is 3. The van der Waals surface area contributed by atoms with Gasteiger partial charge in [0.2, 0.25) is 0 Å². The summed E-state index contributed by atoms with van der Waals surface area (Å²) < 4.78 is 76.2. The maximum absolute atomic E-state index is 13.6. The summed E-state index contributed by atoms with van der Waals surface area (Å²) in [6, 6.07) is 11.5. The number of ether oxygens (including phenoxy) is 2. The maximum Gasteiger partial charge on any atom is 0.406 e. The molecule has 0 amide bonds. The fourth-order valence-corrected chi connectivity index (χ4v) is 5.80. The van der Waals surface area contributed by atoms with Crippen molar-refractivity contribution >= 4 is 45.6 Å². The molecule has 242 valence electrons. The first-order chi connectivity index (χ1) is 20.4. The Morgan fingerprint density at radius 2 is 1.84 bits per heavy atom. The van der Waals surface area contributed by atoms with E-state index in [1.807, 2.05) is 6.07 Å². The highest BCUT2D eigenvalue weighted by atomic mass is 32.2. The number of nitrogens with zero attached hydrogens (tertiary/aromatic N) is 2. The van der Waals surface area contributed by atoms with E-state index in [1.165, 1.54) is 23.8 Å². The number of benzene rings is 2. The van der Waals surface area contributed by atoms with Gasteiger partial charge in [0.05, 0.1) is 48.2 Å². The lowest BCUT2D eigenvalue weighted by molar-refractivity contribution is -0.140. The molecular formula is C30H39F3N4O5S2. The lowest BCUT2D eigenvalue weighted by Gasteiger charge is -2.34. The van der Waals surface area contributed by atoms with Crippen LogP contribution in [-0.4, -0.2) is 94.6 Å². The number of aliphatic hydroxyl groups excluding tert-OH is 1. The minimum atomic E-state index is -4.44. The molecule has 0 radical (unpaired) electrons. The fraction of sp³-hybridized carbons (Fsp3) is 0.467. The highest BCUT2D eigenvalue weighted by Crippen LogP contribution is 2.32. The van der Waals surface area contributed by atoms with Crippen molar-refractivity contribution in [2.75, 3.05) is 63.9 Å². The topological polar surface area (TPSA) is 105 Å². The molecule has 1 saturated heterocycles. The average molecular weight is 657 g/mol. The van der Waals surface area contributed by atoms with Crippen LogP contribution in [0, 0.1) is 11.8 Å². The van der Waals surface area contributed by atoms with Gasteiger partial charge in [0.1, 0.15) is 12.3 Å². The third-order valence-electron chi connectivity index (χ3n) is 7.41. The standard InChI is InChI=1S/C30H37F3N4O5S.H2S/c1-41-23(19-38)18-36-14-11-21(12-15-36)35-26-7-4-8-28-25(26)16-22(37(28)20-30(31,32)33)6-5-13-34-27-10-9-24(43(3,39)40)17-29(27)42-2;/h4,7-10,16-17,21,23,34-35,38H,11-15,18-20H2,1-3H3;1H2/t23-;/m0./s1. The van der Waals surface area contributed by atoms with Crippen LogP contribution in [0.3, 0.4) is 0 Å². The Kier molecular flexibility index (Phi) is 12.3. The summed E-state index contributed by atoms with van der Waals surface area (Å²) in [5.74, 6) is 6.08. The fourth-order valence-electron chi connectivity index (χ4n) is 5.16. The number of anilines is 2. The first kappa shape index (κ1) is 35.4. The molecule has 1 aromatic heterocycles. The number of aliphatic hydroxyl groups is 1. The van der Waals surface area contributed by atoms with E-state index in [2.05, 4.69) is 27.4 Å². The van der Waals surface area contributed by atoms with Gasteiger partial charge in [-0.15, -0.1) is 0 Å². The molecule has 0 unspecified atom stereocenters. The Bertz CT molecular complexity index is 1570. The molecule has 3 N–H and O–H groups in total. The Morgan fingerprint density at radius 3 is 2.45 bits per heavy atom. The van der Waals surface area contributed by atoms with Crippen LogP contribution in [0.25, 0.3) is 10.9 Å². The zero-order valence-electron chi connectivity index (χ0n) is 24.9. The second-order valence-corrected chi connectivity index (χ2v) is 12.5. The number of hydrogen-bond donors (Lipinski definition) is 3. The predicted octanol–water partition coefficient (Wildman–Crippen LogP) is 4.08. The minimum Gasteiger partial charge on any atom is -0.495 e. The molecule has 1 fully saturated rings. The lowest BCUT2D eigenvalue weighted by atomic mass is 10.0. The highest BCUT2D eigenvalue weighted by molar-refractivity contribution is 7.90. The second kappa shape index (κ2) is 15.3. The van der Waals surface area contributed by atoms with Crippen LogP contribution in [0.15, 0.2) is 47.4 Å². The molecule has 4 rings (SSSR count). The summed E-state index contributed by atoms with van der Waals surface area (Å²) >= 11 is 0. The molecule has 3 aromatic rings. The van der Waals surface area contributed by atoms with E-state index in [4.69, 9.17) is 9.47 Å². The van der Waals surface area contributed by atoms with Gasteiger partial charge in [0.25, 0.3) is 0 Å². The van der Waals surface area contributed by atoms with Gasteiger partial charge >= 0.3 is 6.18 Å². The molecule has 0 aliphatic carbocycles. The van der Waals surface area contributed by atoms with Crippen LogP contribution >= 0.6 is 13.5 Å². The van der Waals surface area contributed by atoms with Gasteiger partial charge in [-0.3, -0.25) is 0 Å². The van der Waals surface area contributed by atoms with Gasteiger partial charge in [-0.25, -0.2) is 8.42 Å². The van der Waals surface area contributed by atoms with Crippen LogP contribution < -0.4 is 15.4 Å². The van der Waals surface area contributed by atoms with E-state index in [0.717, 1.165) is 37.9 Å². The number of piperidine rings is 1.